The van der Waals surface area contributed by atoms with Crippen LogP contribution in [0.1, 0.15) is 10.4 Å². The van der Waals surface area contributed by atoms with Crippen LogP contribution < -0.4 is 4.72 Å². The zero-order valence-electron chi connectivity index (χ0n) is 10.7. The molecule has 0 saturated heterocycles. The predicted octanol–water partition coefficient (Wildman–Crippen LogP) is 3.12. The molecule has 0 atom stereocenters. The first kappa shape index (κ1) is 16.2. The quantitative estimate of drug-likeness (QED) is 0.890. The topological polar surface area (TPSA) is 83.5 Å². The molecular formula is C13H8ClF2NO4S. The lowest BCUT2D eigenvalue weighted by molar-refractivity contribution is 0.0697. The number of aromatic carboxylic acids is 1. The molecular weight excluding hydrogens is 340 g/mol. The summed E-state index contributed by atoms with van der Waals surface area (Å²) in [4.78, 5) is 10.5. The summed E-state index contributed by atoms with van der Waals surface area (Å²) in [5.41, 5.74) is -1.02. The molecule has 9 heteroatoms. The molecule has 0 radical (unpaired) electrons. The fourth-order valence-electron chi connectivity index (χ4n) is 1.61. The van der Waals surface area contributed by atoms with E-state index in [0.717, 1.165) is 30.3 Å². The number of hydrogen-bond acceptors (Lipinski definition) is 3. The largest absolute Gasteiger partial charge is 0.478 e. The van der Waals surface area contributed by atoms with Gasteiger partial charge in [-0.1, -0.05) is 11.6 Å². The molecule has 0 aliphatic heterocycles. The number of hydrogen-bond donors (Lipinski definition) is 2. The highest BCUT2D eigenvalue weighted by Gasteiger charge is 2.20. The maximum atomic E-state index is 13.5. The highest BCUT2D eigenvalue weighted by molar-refractivity contribution is 7.92. The summed E-state index contributed by atoms with van der Waals surface area (Å²) in [6.07, 6.45) is 0. The maximum absolute atomic E-state index is 13.5. The molecule has 5 nitrogen and oxygen atoms in total. The van der Waals surface area contributed by atoms with Gasteiger partial charge in [-0.3, -0.25) is 4.72 Å². The molecule has 0 spiro atoms. The third-order valence-electron chi connectivity index (χ3n) is 2.65. The van der Waals surface area contributed by atoms with E-state index in [0.29, 0.717) is 6.07 Å². The van der Waals surface area contributed by atoms with Gasteiger partial charge in [0.05, 0.1) is 21.2 Å². The van der Waals surface area contributed by atoms with Gasteiger partial charge in [-0.15, -0.1) is 0 Å². The number of sulfonamides is 1. The lowest BCUT2D eigenvalue weighted by Gasteiger charge is -2.10. The number of carbonyl (C=O) groups is 1. The molecule has 2 rings (SSSR count). The average Bonchev–Trinajstić information content (AvgIpc) is 2.42. The Morgan fingerprint density at radius 2 is 1.82 bits per heavy atom. The second-order valence-corrected chi connectivity index (χ2v) is 6.27. The Bertz CT molecular complexity index is 855. The zero-order valence-corrected chi connectivity index (χ0v) is 12.3. The summed E-state index contributed by atoms with van der Waals surface area (Å²) in [6.45, 7) is 0. The molecule has 2 N–H and O–H groups in total. The first-order valence-corrected chi connectivity index (χ1v) is 7.57. The van der Waals surface area contributed by atoms with Crippen LogP contribution in [-0.4, -0.2) is 19.5 Å². The number of carboxylic acids is 1. The molecule has 0 aliphatic rings. The van der Waals surface area contributed by atoms with E-state index in [-0.39, 0.29) is 5.02 Å². The number of benzene rings is 2. The van der Waals surface area contributed by atoms with Gasteiger partial charge in [-0.2, -0.15) is 0 Å². The van der Waals surface area contributed by atoms with Crippen LogP contribution in [0.5, 0.6) is 0 Å². The van der Waals surface area contributed by atoms with Crippen molar-refractivity contribution in [2.75, 3.05) is 4.72 Å². The Labute approximate surface area is 129 Å². The fourth-order valence-corrected chi connectivity index (χ4v) is 2.90. The second-order valence-electron chi connectivity index (χ2n) is 4.18. The van der Waals surface area contributed by atoms with Crippen LogP contribution in [0.25, 0.3) is 0 Å². The summed E-state index contributed by atoms with van der Waals surface area (Å²) in [6, 6.07) is 5.22. The summed E-state index contributed by atoms with van der Waals surface area (Å²) in [5, 5.41) is 8.77. The highest BCUT2D eigenvalue weighted by atomic mass is 35.5. The maximum Gasteiger partial charge on any atom is 0.337 e. The molecule has 116 valence electrons. The molecule has 0 heterocycles. The van der Waals surface area contributed by atoms with E-state index in [9.17, 15) is 22.0 Å². The number of carboxylic acid groups (broad SMARTS) is 1. The van der Waals surface area contributed by atoms with Gasteiger partial charge >= 0.3 is 5.97 Å². The Kier molecular flexibility index (Phi) is 4.34. The van der Waals surface area contributed by atoms with E-state index in [2.05, 4.69) is 0 Å². The van der Waals surface area contributed by atoms with Crippen molar-refractivity contribution < 1.29 is 27.1 Å². The van der Waals surface area contributed by atoms with Crippen LogP contribution in [0.4, 0.5) is 14.5 Å². The number of anilines is 1. The van der Waals surface area contributed by atoms with Crippen LogP contribution in [-0.2, 0) is 10.0 Å². The van der Waals surface area contributed by atoms with Gasteiger partial charge in [0.1, 0.15) is 11.6 Å². The van der Waals surface area contributed by atoms with E-state index < -0.39 is 43.8 Å². The van der Waals surface area contributed by atoms with E-state index >= 15 is 0 Å². The van der Waals surface area contributed by atoms with Gasteiger partial charge in [0.25, 0.3) is 10.0 Å². The van der Waals surface area contributed by atoms with Gasteiger partial charge in [0, 0.05) is 6.07 Å². The minimum Gasteiger partial charge on any atom is -0.478 e. The molecule has 0 aromatic heterocycles. The Morgan fingerprint density at radius 3 is 2.45 bits per heavy atom. The highest BCUT2D eigenvalue weighted by Crippen LogP contribution is 2.24. The van der Waals surface area contributed by atoms with E-state index in [1.807, 2.05) is 4.72 Å². The van der Waals surface area contributed by atoms with Gasteiger partial charge in [0.15, 0.2) is 0 Å². The number of nitrogens with one attached hydrogen (secondary N) is 1. The van der Waals surface area contributed by atoms with Gasteiger partial charge in [-0.25, -0.2) is 22.0 Å². The van der Waals surface area contributed by atoms with Crippen molar-refractivity contribution in [3.63, 3.8) is 0 Å². The minimum absolute atomic E-state index is 0.150. The molecule has 0 amide bonds. The third-order valence-corrected chi connectivity index (χ3v) is 4.34. The summed E-state index contributed by atoms with van der Waals surface area (Å²) < 4.78 is 52.6. The van der Waals surface area contributed by atoms with Crippen molar-refractivity contribution in [1.82, 2.24) is 0 Å². The molecule has 0 bridgehead atoms. The zero-order chi connectivity index (χ0) is 16.5. The van der Waals surface area contributed by atoms with Crippen LogP contribution in [0.15, 0.2) is 41.3 Å². The number of rotatable bonds is 4. The lowest BCUT2D eigenvalue weighted by Crippen LogP contribution is -2.15. The summed E-state index contributed by atoms with van der Waals surface area (Å²) in [7, 11) is -4.30. The van der Waals surface area contributed by atoms with E-state index in [4.69, 9.17) is 16.7 Å². The molecule has 2 aromatic carbocycles. The van der Waals surface area contributed by atoms with Gasteiger partial charge in [0.2, 0.25) is 0 Å². The third kappa shape index (κ3) is 3.34. The second kappa shape index (κ2) is 5.90. The molecule has 0 unspecified atom stereocenters. The normalized spacial score (nSPS) is 11.2. The Morgan fingerprint density at radius 1 is 1.14 bits per heavy atom. The lowest BCUT2D eigenvalue weighted by atomic mass is 10.2. The van der Waals surface area contributed by atoms with Crippen molar-refractivity contribution in [2.45, 2.75) is 4.90 Å². The average molecular weight is 348 g/mol. The van der Waals surface area contributed by atoms with E-state index in [1.165, 1.54) is 0 Å². The van der Waals surface area contributed by atoms with Crippen LogP contribution >= 0.6 is 11.6 Å². The smallest absolute Gasteiger partial charge is 0.337 e. The molecule has 0 saturated carbocycles. The van der Waals surface area contributed by atoms with Gasteiger partial charge in [-0.05, 0) is 30.3 Å². The summed E-state index contributed by atoms with van der Waals surface area (Å²) in [5.74, 6) is -3.22. The fraction of sp³-hybridized carbons (Fsp3) is 0. The standard InChI is InChI=1S/C13H8ClF2NO4S/c14-10-3-2-8(6-9(10)13(18)19)22(20,21)17-12-5-7(15)1-4-11(12)16/h1-6,17H,(H,18,19). The van der Waals surface area contributed by atoms with Crippen LogP contribution in [0, 0.1) is 11.6 Å². The van der Waals surface area contributed by atoms with Crippen LogP contribution in [0.2, 0.25) is 5.02 Å². The molecule has 22 heavy (non-hydrogen) atoms. The van der Waals surface area contributed by atoms with Crippen LogP contribution in [0.3, 0.4) is 0 Å². The minimum atomic E-state index is -4.30. The van der Waals surface area contributed by atoms with Crippen molar-refractivity contribution in [1.29, 1.82) is 0 Å². The molecule has 0 fully saturated rings. The van der Waals surface area contributed by atoms with Crippen molar-refractivity contribution in [2.24, 2.45) is 0 Å². The monoisotopic (exact) mass is 347 g/mol. The van der Waals surface area contributed by atoms with Gasteiger partial charge < -0.3 is 5.11 Å². The SMILES string of the molecule is O=C(O)c1cc(S(=O)(=O)Nc2cc(F)ccc2F)ccc1Cl. The first-order chi connectivity index (χ1) is 10.2. The summed E-state index contributed by atoms with van der Waals surface area (Å²) >= 11 is 5.64. The number of halogens is 3. The molecule has 0 aliphatic carbocycles. The van der Waals surface area contributed by atoms with E-state index in [1.54, 1.807) is 0 Å². The Hall–Kier alpha value is -2.19. The first-order valence-electron chi connectivity index (χ1n) is 5.71. The molecule has 2 aromatic rings. The van der Waals surface area contributed by atoms with Crippen molar-refractivity contribution >= 4 is 33.3 Å². The Balaban J connectivity index is 2.45. The van der Waals surface area contributed by atoms with Crippen molar-refractivity contribution in [3.8, 4) is 0 Å². The van der Waals surface area contributed by atoms with Crippen molar-refractivity contribution in [3.05, 3.63) is 58.6 Å². The predicted molar refractivity (Wildman–Crippen MR) is 75.6 cm³/mol.